The normalized spacial score (nSPS) is 16.3. The maximum absolute atomic E-state index is 13.3. The van der Waals surface area contributed by atoms with E-state index in [9.17, 15) is 52.7 Å². The van der Waals surface area contributed by atoms with Gasteiger partial charge in [0.15, 0.2) is 0 Å². The highest BCUT2D eigenvalue weighted by atomic mass is 16.4. The second-order valence-electron chi connectivity index (χ2n) is 15.9. The third kappa shape index (κ3) is 20.5. The standard InChI is InChI=1S/C36H59N11O12.C4H11N/c1-20(2)46(30(52)16-42-35(58)24(10-11-26(37)48)44-27(49)14-40-34(57)23-8-6-12-38-23)19-28(50)39-17-31(53)47(21(3)4)22(5)33(56)41-15-29(51)45-13-7-9-25(45)36(59)43-18-32(54)55;1-2-3-4-5/h20-25,38H,6-19H2,1-5H3,(H2,37,48)(H,39,50)(H,40,57)(H,41,56)(H,42,58)(H,43,59)(H,44,49)(H,54,55);2-5H2,1H3. The Morgan fingerprint density at radius 1 is 0.750 bits per heavy atom. The molecule has 0 bridgehead atoms. The van der Waals surface area contributed by atoms with Crippen molar-refractivity contribution in [1.82, 2.24) is 51.9 Å². The summed E-state index contributed by atoms with van der Waals surface area (Å²) in [5, 5.41) is 26.3. The average molecular weight is 911 g/mol. The predicted molar refractivity (Wildman–Crippen MR) is 231 cm³/mol. The second-order valence-corrected chi connectivity index (χ2v) is 15.9. The molecule has 24 nitrogen and oxygen atoms in total. The summed E-state index contributed by atoms with van der Waals surface area (Å²) in [4.78, 5) is 141. The number of hydrogen-bond acceptors (Lipinski definition) is 13. The van der Waals surface area contributed by atoms with E-state index in [0.29, 0.717) is 25.8 Å². The number of nitrogens with two attached hydrogens (primary N) is 2. The fraction of sp³-hybridized carbons (Fsp3) is 0.725. The van der Waals surface area contributed by atoms with Crippen LogP contribution in [0.3, 0.4) is 0 Å². The van der Waals surface area contributed by atoms with Crippen molar-refractivity contribution in [3.63, 3.8) is 0 Å². The number of carboxylic acids is 1. The molecule has 0 radical (unpaired) electrons. The Morgan fingerprint density at radius 2 is 1.39 bits per heavy atom. The van der Waals surface area contributed by atoms with Crippen LogP contribution in [0.5, 0.6) is 0 Å². The zero-order chi connectivity index (χ0) is 48.5. The number of rotatable bonds is 25. The summed E-state index contributed by atoms with van der Waals surface area (Å²) in [6.45, 7) is 8.67. The van der Waals surface area contributed by atoms with E-state index in [2.05, 4.69) is 44.1 Å². The summed E-state index contributed by atoms with van der Waals surface area (Å²) in [7, 11) is 0. The van der Waals surface area contributed by atoms with E-state index >= 15 is 0 Å². The van der Waals surface area contributed by atoms with Crippen molar-refractivity contribution in [2.45, 2.75) is 129 Å². The average Bonchev–Trinajstić information content (AvgIpc) is 3.97. The third-order valence-corrected chi connectivity index (χ3v) is 10.1. The molecule has 4 atom stereocenters. The lowest BCUT2D eigenvalue weighted by Gasteiger charge is -2.32. The highest BCUT2D eigenvalue weighted by molar-refractivity contribution is 5.96. The summed E-state index contributed by atoms with van der Waals surface area (Å²) in [5.74, 6) is -7.80. The number of likely N-dealkylation sites (tertiary alicyclic amines) is 1. The van der Waals surface area contributed by atoms with Gasteiger partial charge in [-0.25, -0.2) is 0 Å². The summed E-state index contributed by atoms with van der Waals surface area (Å²) in [6.07, 6.45) is 4.20. The first-order valence-electron chi connectivity index (χ1n) is 21.6. The van der Waals surface area contributed by atoms with Crippen LogP contribution in [0.1, 0.15) is 92.9 Å². The molecular formula is C40H70N12O12. The molecule has 0 aromatic heterocycles. The molecule has 2 fully saturated rings. The predicted octanol–water partition coefficient (Wildman–Crippen LogP) is -4.25. The van der Waals surface area contributed by atoms with Crippen molar-refractivity contribution in [2.24, 2.45) is 11.5 Å². The van der Waals surface area contributed by atoms with Gasteiger partial charge in [-0.3, -0.25) is 52.7 Å². The van der Waals surface area contributed by atoms with E-state index < -0.39 is 135 Å². The molecule has 24 heteroatoms. The first-order chi connectivity index (χ1) is 30.1. The van der Waals surface area contributed by atoms with Crippen molar-refractivity contribution in [1.29, 1.82) is 0 Å². The molecule has 0 aliphatic carbocycles. The zero-order valence-electron chi connectivity index (χ0n) is 37.9. The SMILES string of the molecule is CC(C)N(CC(=O)NCC(=O)N(C(C)C)C(C)C(=O)NCC(=O)N1CCCC1C(=O)NCC(=O)O)C(=O)CNC(=O)C(CCC(N)=O)NC(=O)CNC(=O)C1CCCN1.CCCCN. The van der Waals surface area contributed by atoms with E-state index in [4.69, 9.17) is 16.6 Å². The first kappa shape index (κ1) is 56.1. The van der Waals surface area contributed by atoms with Gasteiger partial charge in [0.2, 0.25) is 59.1 Å². The smallest absolute Gasteiger partial charge is 0.322 e. The summed E-state index contributed by atoms with van der Waals surface area (Å²) in [5.41, 5.74) is 10.4. The van der Waals surface area contributed by atoms with E-state index in [1.807, 2.05) is 0 Å². The number of carboxylic acid groups (broad SMARTS) is 1. The molecule has 10 amide bonds. The van der Waals surface area contributed by atoms with E-state index in [0.717, 1.165) is 17.9 Å². The molecular weight excluding hydrogens is 841 g/mol. The van der Waals surface area contributed by atoms with Gasteiger partial charge in [-0.15, -0.1) is 0 Å². The maximum atomic E-state index is 13.3. The van der Waals surface area contributed by atoms with Crippen LogP contribution in [0.4, 0.5) is 0 Å². The minimum Gasteiger partial charge on any atom is -0.480 e. The number of nitrogens with zero attached hydrogens (tertiary/aromatic N) is 3. The summed E-state index contributed by atoms with van der Waals surface area (Å²) >= 11 is 0. The van der Waals surface area contributed by atoms with Crippen molar-refractivity contribution < 1.29 is 57.8 Å². The van der Waals surface area contributed by atoms with E-state index in [-0.39, 0.29) is 25.3 Å². The number of nitrogens with one attached hydrogen (secondary N) is 7. The molecule has 64 heavy (non-hydrogen) atoms. The first-order valence-corrected chi connectivity index (χ1v) is 21.6. The van der Waals surface area contributed by atoms with Crippen molar-refractivity contribution in [3.05, 3.63) is 0 Å². The van der Waals surface area contributed by atoms with Crippen molar-refractivity contribution in [2.75, 3.05) is 58.9 Å². The maximum Gasteiger partial charge on any atom is 0.322 e. The Labute approximate surface area is 373 Å². The number of hydrogen-bond donors (Lipinski definition) is 10. The van der Waals surface area contributed by atoms with Crippen LogP contribution in [0.25, 0.3) is 0 Å². The number of carbonyl (C=O) groups excluding carboxylic acids is 10. The van der Waals surface area contributed by atoms with Gasteiger partial charge < -0.3 is 68.5 Å². The van der Waals surface area contributed by atoms with Crippen LogP contribution < -0.4 is 48.7 Å². The van der Waals surface area contributed by atoms with Crippen LogP contribution in [0, 0.1) is 0 Å². The third-order valence-electron chi connectivity index (χ3n) is 10.1. The van der Waals surface area contributed by atoms with Crippen LogP contribution in [-0.2, 0) is 52.7 Å². The van der Waals surface area contributed by atoms with Crippen LogP contribution in [0.2, 0.25) is 0 Å². The molecule has 2 aliphatic heterocycles. The van der Waals surface area contributed by atoms with E-state index in [1.165, 1.54) is 29.6 Å². The molecule has 0 aromatic rings. The fourth-order valence-electron chi connectivity index (χ4n) is 6.73. The molecule has 0 spiro atoms. The molecule has 0 aromatic carbocycles. The van der Waals surface area contributed by atoms with Crippen LogP contribution in [0.15, 0.2) is 0 Å². The largest absolute Gasteiger partial charge is 0.480 e. The molecule has 2 saturated heterocycles. The molecule has 4 unspecified atom stereocenters. The Bertz CT molecular complexity index is 1640. The molecule has 0 saturated carbocycles. The monoisotopic (exact) mass is 911 g/mol. The number of primary amides is 1. The van der Waals surface area contributed by atoms with Gasteiger partial charge in [-0.05, 0) is 86.2 Å². The Morgan fingerprint density at radius 3 is 1.94 bits per heavy atom. The van der Waals surface area contributed by atoms with Crippen molar-refractivity contribution in [3.8, 4) is 0 Å². The molecule has 12 N–H and O–H groups in total. The molecule has 362 valence electrons. The minimum atomic E-state index is -1.28. The fourth-order valence-corrected chi connectivity index (χ4v) is 6.73. The van der Waals surface area contributed by atoms with Crippen LogP contribution in [-0.4, -0.2) is 180 Å². The van der Waals surface area contributed by atoms with Gasteiger partial charge in [0.1, 0.15) is 24.7 Å². The molecule has 2 heterocycles. The van der Waals surface area contributed by atoms with Gasteiger partial charge in [-0.2, -0.15) is 0 Å². The number of aliphatic carboxylic acids is 1. The van der Waals surface area contributed by atoms with Gasteiger partial charge in [0.05, 0.1) is 38.8 Å². The van der Waals surface area contributed by atoms with Crippen LogP contribution >= 0.6 is 0 Å². The summed E-state index contributed by atoms with van der Waals surface area (Å²) in [6, 6.07) is -4.75. The van der Waals surface area contributed by atoms with E-state index in [1.54, 1.807) is 27.7 Å². The number of unbranched alkanes of at least 4 members (excludes halogenated alkanes) is 1. The molecule has 2 aliphatic rings. The van der Waals surface area contributed by atoms with Gasteiger partial charge in [-0.1, -0.05) is 13.3 Å². The lowest BCUT2D eigenvalue weighted by Crippen LogP contribution is -2.56. The van der Waals surface area contributed by atoms with Crippen molar-refractivity contribution >= 4 is 65.0 Å². The summed E-state index contributed by atoms with van der Waals surface area (Å²) < 4.78 is 0. The highest BCUT2D eigenvalue weighted by Crippen LogP contribution is 2.17. The highest BCUT2D eigenvalue weighted by Gasteiger charge is 2.35. The molecule has 2 rings (SSSR count). The number of amides is 10. The Hall–Kier alpha value is -5.91. The topological polar surface area (TPSA) is 354 Å². The Balaban J connectivity index is 0.00000386. The lowest BCUT2D eigenvalue weighted by atomic mass is 10.1. The second kappa shape index (κ2) is 29.5. The minimum absolute atomic E-state index is 0.188. The van der Waals surface area contributed by atoms with Gasteiger partial charge >= 0.3 is 5.97 Å². The zero-order valence-corrected chi connectivity index (χ0v) is 37.9. The quantitative estimate of drug-likeness (QED) is 0.0415. The van der Waals surface area contributed by atoms with Gasteiger partial charge in [0, 0.05) is 25.0 Å². The van der Waals surface area contributed by atoms with Gasteiger partial charge in [0.25, 0.3) is 0 Å². The lowest BCUT2D eigenvalue weighted by molar-refractivity contribution is -0.143. The number of carbonyl (C=O) groups is 11. The Kier molecular flexibility index (Phi) is 25.8.